The molecule has 2 aromatic rings. The molecule has 0 aliphatic rings. The molecule has 2 rings (SSSR count). The van der Waals surface area contributed by atoms with E-state index in [1.807, 2.05) is 69.3 Å². The van der Waals surface area contributed by atoms with Gasteiger partial charge in [0.2, 0.25) is 11.8 Å². The van der Waals surface area contributed by atoms with Gasteiger partial charge in [0.15, 0.2) is 0 Å². The van der Waals surface area contributed by atoms with Crippen LogP contribution in [0.2, 0.25) is 0 Å². The molecule has 2 aromatic carbocycles. The molecule has 2 amide bonds. The van der Waals surface area contributed by atoms with Crippen molar-refractivity contribution < 1.29 is 9.59 Å². The minimum atomic E-state index is -0.705. The third kappa shape index (κ3) is 6.70. The summed E-state index contributed by atoms with van der Waals surface area (Å²) in [6, 6.07) is 14.3. The van der Waals surface area contributed by atoms with Crippen molar-refractivity contribution in [3.8, 4) is 0 Å². The molecule has 0 aliphatic carbocycles. The van der Waals surface area contributed by atoms with Gasteiger partial charge in [0.1, 0.15) is 6.04 Å². The van der Waals surface area contributed by atoms with Crippen LogP contribution >= 0.6 is 12.4 Å². The average molecular weight is 390 g/mol. The second-order valence-electron chi connectivity index (χ2n) is 6.61. The summed E-state index contributed by atoms with van der Waals surface area (Å²) in [6.45, 7) is 6.22. The predicted octanol–water partition coefficient (Wildman–Crippen LogP) is 3.72. The van der Waals surface area contributed by atoms with Gasteiger partial charge in [-0.05, 0) is 36.6 Å². The lowest BCUT2D eigenvalue weighted by Crippen LogP contribution is -2.33. The van der Waals surface area contributed by atoms with Crippen LogP contribution in [0, 0.1) is 12.8 Å². The number of anilines is 1. The number of hydrogen-bond acceptors (Lipinski definition) is 3. The van der Waals surface area contributed by atoms with Crippen molar-refractivity contribution in [1.29, 1.82) is 0 Å². The zero-order valence-electron chi connectivity index (χ0n) is 16.0. The van der Waals surface area contributed by atoms with E-state index >= 15 is 0 Å². The van der Waals surface area contributed by atoms with Crippen LogP contribution in [0.1, 0.15) is 43.0 Å². The van der Waals surface area contributed by atoms with Gasteiger partial charge < -0.3 is 16.4 Å². The summed E-state index contributed by atoms with van der Waals surface area (Å²) in [6.07, 6.45) is 0.790. The number of carbonyl (C=O) groups excluding carboxylic acids is 2. The number of hydrogen-bond donors (Lipinski definition) is 3. The maximum atomic E-state index is 12.3. The van der Waals surface area contributed by atoms with Crippen molar-refractivity contribution in [3.63, 3.8) is 0 Å². The first-order valence-corrected chi connectivity index (χ1v) is 8.90. The lowest BCUT2D eigenvalue weighted by molar-refractivity contribution is -0.122. The van der Waals surface area contributed by atoms with Crippen molar-refractivity contribution >= 4 is 29.9 Å². The molecule has 27 heavy (non-hydrogen) atoms. The fourth-order valence-corrected chi connectivity index (χ4v) is 2.43. The summed E-state index contributed by atoms with van der Waals surface area (Å²) in [5.41, 5.74) is 9.56. The number of amides is 2. The van der Waals surface area contributed by atoms with E-state index in [9.17, 15) is 9.59 Å². The van der Waals surface area contributed by atoms with Crippen molar-refractivity contribution in [1.82, 2.24) is 5.32 Å². The van der Waals surface area contributed by atoms with Gasteiger partial charge >= 0.3 is 0 Å². The van der Waals surface area contributed by atoms with Crippen LogP contribution in [0.3, 0.4) is 0 Å². The number of nitrogens with two attached hydrogens (primary N) is 1. The van der Waals surface area contributed by atoms with Gasteiger partial charge in [-0.15, -0.1) is 12.4 Å². The van der Waals surface area contributed by atoms with Crippen LogP contribution < -0.4 is 16.4 Å². The molecule has 0 heterocycles. The first-order chi connectivity index (χ1) is 12.4. The molecule has 0 spiro atoms. The van der Waals surface area contributed by atoms with Gasteiger partial charge in [-0.25, -0.2) is 0 Å². The van der Waals surface area contributed by atoms with Crippen molar-refractivity contribution in [2.45, 2.75) is 39.8 Å². The standard InChI is InChI=1S/C21H27N3O2.ClH/c1-4-15(3)20(25)24-18-7-5-6-16(12-18)13-23-21(26)19(22)17-10-8-14(2)9-11-17;/h5-12,15,19H,4,13,22H2,1-3H3,(H,23,26)(H,24,25);1H. The third-order valence-electron chi connectivity index (χ3n) is 4.44. The maximum Gasteiger partial charge on any atom is 0.241 e. The highest BCUT2D eigenvalue weighted by Gasteiger charge is 2.15. The van der Waals surface area contributed by atoms with Gasteiger partial charge in [-0.1, -0.05) is 55.8 Å². The molecule has 2 atom stereocenters. The smallest absolute Gasteiger partial charge is 0.241 e. The van der Waals surface area contributed by atoms with Gasteiger partial charge in [-0.2, -0.15) is 0 Å². The van der Waals surface area contributed by atoms with E-state index in [0.29, 0.717) is 6.54 Å². The molecule has 0 fully saturated rings. The monoisotopic (exact) mass is 389 g/mol. The zero-order chi connectivity index (χ0) is 19.1. The van der Waals surface area contributed by atoms with E-state index in [0.717, 1.165) is 28.8 Å². The Labute approximate surface area is 167 Å². The number of nitrogens with one attached hydrogen (secondary N) is 2. The average Bonchev–Trinajstić information content (AvgIpc) is 2.65. The number of halogens is 1. The Morgan fingerprint density at radius 3 is 2.37 bits per heavy atom. The van der Waals surface area contributed by atoms with Crippen LogP contribution in [0.4, 0.5) is 5.69 Å². The molecule has 4 N–H and O–H groups in total. The summed E-state index contributed by atoms with van der Waals surface area (Å²) in [7, 11) is 0. The lowest BCUT2D eigenvalue weighted by atomic mass is 10.1. The highest BCUT2D eigenvalue weighted by atomic mass is 35.5. The Kier molecular flexibility index (Phi) is 8.98. The number of aryl methyl sites for hydroxylation is 1. The Hall–Kier alpha value is -2.37. The lowest BCUT2D eigenvalue weighted by Gasteiger charge is -2.14. The van der Waals surface area contributed by atoms with Crippen molar-refractivity contribution in [2.75, 3.05) is 5.32 Å². The minimum absolute atomic E-state index is 0. The van der Waals surface area contributed by atoms with Gasteiger partial charge in [0.25, 0.3) is 0 Å². The second-order valence-corrected chi connectivity index (χ2v) is 6.61. The molecule has 146 valence electrons. The molecule has 0 aliphatic heterocycles. The van der Waals surface area contributed by atoms with Crippen LogP contribution in [-0.2, 0) is 16.1 Å². The van der Waals surface area contributed by atoms with Crippen molar-refractivity contribution in [3.05, 3.63) is 65.2 Å². The van der Waals surface area contributed by atoms with E-state index in [1.54, 1.807) is 0 Å². The SMILES string of the molecule is CCC(C)C(=O)Nc1cccc(CNC(=O)C(N)c2ccc(C)cc2)c1.Cl. The highest BCUT2D eigenvalue weighted by molar-refractivity contribution is 5.92. The van der Waals surface area contributed by atoms with E-state index < -0.39 is 6.04 Å². The normalized spacial score (nSPS) is 12.4. The summed E-state index contributed by atoms with van der Waals surface area (Å²) >= 11 is 0. The fourth-order valence-electron chi connectivity index (χ4n) is 2.43. The number of benzene rings is 2. The largest absolute Gasteiger partial charge is 0.350 e. The van der Waals surface area contributed by atoms with E-state index in [-0.39, 0.29) is 30.1 Å². The summed E-state index contributed by atoms with van der Waals surface area (Å²) in [4.78, 5) is 24.3. The molecule has 0 radical (unpaired) electrons. The third-order valence-corrected chi connectivity index (χ3v) is 4.44. The fraction of sp³-hybridized carbons (Fsp3) is 0.333. The van der Waals surface area contributed by atoms with E-state index in [2.05, 4.69) is 10.6 Å². The second kappa shape index (κ2) is 10.7. The summed E-state index contributed by atoms with van der Waals surface area (Å²) in [5, 5.41) is 5.75. The van der Waals surface area contributed by atoms with Crippen molar-refractivity contribution in [2.24, 2.45) is 11.7 Å². The van der Waals surface area contributed by atoms with Crippen LogP contribution in [0.5, 0.6) is 0 Å². The topological polar surface area (TPSA) is 84.2 Å². The molecular weight excluding hydrogens is 362 g/mol. The van der Waals surface area contributed by atoms with Gasteiger partial charge in [0, 0.05) is 18.2 Å². The molecule has 0 saturated carbocycles. The molecule has 5 nitrogen and oxygen atoms in total. The summed E-state index contributed by atoms with van der Waals surface area (Å²) < 4.78 is 0. The molecule has 0 saturated heterocycles. The summed E-state index contributed by atoms with van der Waals surface area (Å²) in [5.74, 6) is -0.274. The number of rotatable bonds is 7. The maximum absolute atomic E-state index is 12.3. The Balaban J connectivity index is 0.00000364. The predicted molar refractivity (Wildman–Crippen MR) is 112 cm³/mol. The van der Waals surface area contributed by atoms with Gasteiger partial charge in [-0.3, -0.25) is 9.59 Å². The Morgan fingerprint density at radius 1 is 1.07 bits per heavy atom. The van der Waals surface area contributed by atoms with E-state index in [1.165, 1.54) is 0 Å². The molecule has 6 heteroatoms. The molecular formula is C21H28ClN3O2. The first kappa shape index (κ1) is 22.7. The van der Waals surface area contributed by atoms with Gasteiger partial charge in [0.05, 0.1) is 0 Å². The van der Waals surface area contributed by atoms with E-state index in [4.69, 9.17) is 5.73 Å². The van der Waals surface area contributed by atoms with Crippen LogP contribution in [0.25, 0.3) is 0 Å². The highest BCUT2D eigenvalue weighted by Crippen LogP contribution is 2.14. The Morgan fingerprint density at radius 2 is 1.74 bits per heavy atom. The molecule has 0 aromatic heterocycles. The Bertz CT molecular complexity index is 762. The number of carbonyl (C=O) groups is 2. The molecule has 2 unspecified atom stereocenters. The van der Waals surface area contributed by atoms with Crippen LogP contribution in [0.15, 0.2) is 48.5 Å². The zero-order valence-corrected chi connectivity index (χ0v) is 16.8. The quantitative estimate of drug-likeness (QED) is 0.674. The minimum Gasteiger partial charge on any atom is -0.350 e. The molecule has 0 bridgehead atoms. The van der Waals surface area contributed by atoms with Crippen LogP contribution in [-0.4, -0.2) is 11.8 Å². The first-order valence-electron chi connectivity index (χ1n) is 8.90.